The number of aliphatic hydroxyl groups excluding tert-OH is 1. The molecule has 0 aliphatic carbocycles. The van der Waals surface area contributed by atoms with E-state index in [1.165, 1.54) is 24.8 Å². The van der Waals surface area contributed by atoms with E-state index in [1.807, 2.05) is 6.07 Å². The maximum Gasteiger partial charge on any atom is 0.315 e. The molecular weight excluding hydrogens is 314 g/mol. The highest BCUT2D eigenvalue weighted by atomic mass is 16.3. The third-order valence-electron chi connectivity index (χ3n) is 4.71. The van der Waals surface area contributed by atoms with E-state index in [9.17, 15) is 9.90 Å². The van der Waals surface area contributed by atoms with Gasteiger partial charge in [-0.1, -0.05) is 44.5 Å². The first kappa shape index (κ1) is 19.7. The van der Waals surface area contributed by atoms with Crippen LogP contribution in [0.1, 0.15) is 50.7 Å². The average Bonchev–Trinajstić information content (AvgIpc) is 2.61. The largest absolute Gasteiger partial charge is 0.394 e. The zero-order valence-corrected chi connectivity index (χ0v) is 15.6. The number of aliphatic hydroxyl groups is 1. The molecule has 5 nitrogen and oxygen atoms in total. The number of likely N-dealkylation sites (tertiary alicyclic amines) is 1. The minimum absolute atomic E-state index is 0.0306. The van der Waals surface area contributed by atoms with Crippen molar-refractivity contribution in [2.75, 3.05) is 19.7 Å². The van der Waals surface area contributed by atoms with Crippen LogP contribution in [0, 0.1) is 5.92 Å². The van der Waals surface area contributed by atoms with Crippen LogP contribution in [0.2, 0.25) is 0 Å². The van der Waals surface area contributed by atoms with Crippen molar-refractivity contribution in [2.45, 2.75) is 58.7 Å². The quantitative estimate of drug-likeness (QED) is 0.677. The minimum Gasteiger partial charge on any atom is -0.394 e. The van der Waals surface area contributed by atoms with Gasteiger partial charge in [0.1, 0.15) is 0 Å². The Hall–Kier alpha value is -1.59. The van der Waals surface area contributed by atoms with Crippen molar-refractivity contribution in [1.82, 2.24) is 15.5 Å². The van der Waals surface area contributed by atoms with Gasteiger partial charge in [-0.15, -0.1) is 0 Å². The van der Waals surface area contributed by atoms with E-state index >= 15 is 0 Å². The minimum atomic E-state index is -0.215. The van der Waals surface area contributed by atoms with Crippen LogP contribution in [-0.4, -0.2) is 41.8 Å². The van der Waals surface area contributed by atoms with Crippen LogP contribution in [0.25, 0.3) is 0 Å². The normalized spacial score (nSPS) is 16.6. The molecule has 140 valence electrons. The summed E-state index contributed by atoms with van der Waals surface area (Å²) in [5.74, 6) is 0.433. The maximum absolute atomic E-state index is 12.1. The molecule has 1 saturated heterocycles. The fourth-order valence-corrected chi connectivity index (χ4v) is 3.40. The third-order valence-corrected chi connectivity index (χ3v) is 4.71. The van der Waals surface area contributed by atoms with Gasteiger partial charge in [-0.3, -0.25) is 4.90 Å². The molecule has 0 saturated carbocycles. The van der Waals surface area contributed by atoms with Gasteiger partial charge in [0.2, 0.25) is 0 Å². The molecule has 1 heterocycles. The zero-order chi connectivity index (χ0) is 18.1. The number of carbonyl (C=O) groups is 1. The van der Waals surface area contributed by atoms with Gasteiger partial charge in [0.15, 0.2) is 0 Å². The summed E-state index contributed by atoms with van der Waals surface area (Å²) in [5.41, 5.74) is 2.44. The van der Waals surface area contributed by atoms with Crippen molar-refractivity contribution in [3.8, 4) is 0 Å². The molecule has 1 aromatic carbocycles. The highest BCUT2D eigenvalue weighted by Crippen LogP contribution is 2.16. The Morgan fingerprint density at radius 1 is 1.16 bits per heavy atom. The topological polar surface area (TPSA) is 64.6 Å². The molecule has 1 atom stereocenters. The Morgan fingerprint density at radius 3 is 2.48 bits per heavy atom. The van der Waals surface area contributed by atoms with E-state index < -0.39 is 0 Å². The lowest BCUT2D eigenvalue weighted by atomic mass is 10.0. The van der Waals surface area contributed by atoms with Gasteiger partial charge < -0.3 is 15.7 Å². The van der Waals surface area contributed by atoms with Crippen molar-refractivity contribution in [3.63, 3.8) is 0 Å². The third kappa shape index (κ3) is 7.04. The first-order valence-corrected chi connectivity index (χ1v) is 9.53. The predicted molar refractivity (Wildman–Crippen MR) is 101 cm³/mol. The molecule has 2 amide bonds. The Kier molecular flexibility index (Phi) is 8.22. The Bertz CT molecular complexity index is 527. The number of urea groups is 1. The van der Waals surface area contributed by atoms with Crippen LogP contribution in [0.15, 0.2) is 24.3 Å². The molecule has 3 N–H and O–H groups in total. The summed E-state index contributed by atoms with van der Waals surface area (Å²) in [6.07, 6.45) is 4.67. The number of hydrogen-bond acceptors (Lipinski definition) is 3. The summed E-state index contributed by atoms with van der Waals surface area (Å²) < 4.78 is 0. The summed E-state index contributed by atoms with van der Waals surface area (Å²) in [6.45, 7) is 7.92. The van der Waals surface area contributed by atoms with E-state index in [1.54, 1.807) is 0 Å². The molecule has 0 bridgehead atoms. The molecule has 0 spiro atoms. The summed E-state index contributed by atoms with van der Waals surface area (Å²) in [6, 6.07) is 7.91. The molecule has 1 aliphatic heterocycles. The molecule has 1 fully saturated rings. The van der Waals surface area contributed by atoms with Crippen LogP contribution in [-0.2, 0) is 13.1 Å². The first-order chi connectivity index (χ1) is 12.1. The van der Waals surface area contributed by atoms with Gasteiger partial charge in [0.05, 0.1) is 12.6 Å². The van der Waals surface area contributed by atoms with Crippen molar-refractivity contribution < 1.29 is 9.90 Å². The summed E-state index contributed by atoms with van der Waals surface area (Å²) in [7, 11) is 0. The number of piperidine rings is 1. The molecule has 0 radical (unpaired) electrons. The Morgan fingerprint density at radius 2 is 1.84 bits per heavy atom. The Balaban J connectivity index is 1.86. The van der Waals surface area contributed by atoms with E-state index in [4.69, 9.17) is 0 Å². The average molecular weight is 348 g/mol. The summed E-state index contributed by atoms with van der Waals surface area (Å²) in [5, 5.41) is 15.2. The van der Waals surface area contributed by atoms with Gasteiger partial charge in [-0.2, -0.15) is 0 Å². The number of carbonyl (C=O) groups excluding carboxylic acids is 1. The SMILES string of the molecule is CC(C)CC(CO)NC(=O)NCc1ccccc1CN1CCCCC1. The lowest BCUT2D eigenvalue weighted by Crippen LogP contribution is -2.44. The van der Waals surface area contributed by atoms with E-state index in [0.717, 1.165) is 31.6 Å². The van der Waals surface area contributed by atoms with E-state index in [0.29, 0.717) is 12.5 Å². The highest BCUT2D eigenvalue weighted by molar-refractivity contribution is 5.74. The van der Waals surface area contributed by atoms with Gasteiger partial charge in [0, 0.05) is 13.1 Å². The van der Waals surface area contributed by atoms with Gasteiger partial charge >= 0.3 is 6.03 Å². The number of nitrogens with zero attached hydrogens (tertiary/aromatic N) is 1. The van der Waals surface area contributed by atoms with Crippen molar-refractivity contribution in [1.29, 1.82) is 0 Å². The Labute approximate surface area is 151 Å². The molecule has 1 unspecified atom stereocenters. The zero-order valence-electron chi connectivity index (χ0n) is 15.6. The maximum atomic E-state index is 12.1. The number of nitrogens with one attached hydrogen (secondary N) is 2. The fourth-order valence-electron chi connectivity index (χ4n) is 3.40. The first-order valence-electron chi connectivity index (χ1n) is 9.53. The van der Waals surface area contributed by atoms with Crippen molar-refractivity contribution in [3.05, 3.63) is 35.4 Å². The van der Waals surface area contributed by atoms with E-state index in [2.05, 4.69) is 47.6 Å². The van der Waals surface area contributed by atoms with Gasteiger partial charge in [0.25, 0.3) is 0 Å². The number of amides is 2. The molecule has 5 heteroatoms. The highest BCUT2D eigenvalue weighted by Gasteiger charge is 2.15. The fraction of sp³-hybridized carbons (Fsp3) is 0.650. The van der Waals surface area contributed by atoms with Crippen LogP contribution >= 0.6 is 0 Å². The molecule has 1 aromatic rings. The van der Waals surface area contributed by atoms with Gasteiger partial charge in [-0.25, -0.2) is 4.79 Å². The molecule has 0 aromatic heterocycles. The van der Waals surface area contributed by atoms with Gasteiger partial charge in [-0.05, 0) is 49.4 Å². The standard InChI is InChI=1S/C20H33N3O2/c1-16(2)12-19(15-24)22-20(25)21-13-17-8-4-5-9-18(17)14-23-10-6-3-7-11-23/h4-5,8-9,16,19,24H,3,6-7,10-15H2,1-2H3,(H2,21,22,25). The smallest absolute Gasteiger partial charge is 0.315 e. The van der Waals surface area contributed by atoms with Crippen molar-refractivity contribution >= 4 is 6.03 Å². The second kappa shape index (κ2) is 10.4. The molecule has 25 heavy (non-hydrogen) atoms. The lowest BCUT2D eigenvalue weighted by molar-refractivity contribution is 0.206. The number of hydrogen-bond donors (Lipinski definition) is 3. The summed E-state index contributed by atoms with van der Waals surface area (Å²) >= 11 is 0. The number of benzene rings is 1. The number of rotatable bonds is 8. The lowest BCUT2D eigenvalue weighted by Gasteiger charge is -2.27. The summed E-state index contributed by atoms with van der Waals surface area (Å²) in [4.78, 5) is 14.6. The second-order valence-electron chi connectivity index (χ2n) is 7.44. The molecule has 2 rings (SSSR count). The molecular formula is C20H33N3O2. The van der Waals surface area contributed by atoms with Crippen LogP contribution in [0.5, 0.6) is 0 Å². The van der Waals surface area contributed by atoms with Crippen LogP contribution in [0.3, 0.4) is 0 Å². The molecule has 1 aliphatic rings. The second-order valence-corrected chi connectivity index (χ2v) is 7.44. The van der Waals surface area contributed by atoms with Crippen molar-refractivity contribution in [2.24, 2.45) is 5.92 Å². The van der Waals surface area contributed by atoms with E-state index in [-0.39, 0.29) is 18.7 Å². The monoisotopic (exact) mass is 347 g/mol. The predicted octanol–water partition coefficient (Wildman–Crippen LogP) is 2.88. The van der Waals surface area contributed by atoms with Crippen LogP contribution < -0.4 is 10.6 Å². The van der Waals surface area contributed by atoms with Crippen LogP contribution in [0.4, 0.5) is 4.79 Å².